The number of methoxy groups -OCH3 is 1. The van der Waals surface area contributed by atoms with Crippen LogP contribution in [0.3, 0.4) is 0 Å². The first kappa shape index (κ1) is 35.7. The van der Waals surface area contributed by atoms with Crippen molar-refractivity contribution in [2.45, 2.75) is 90.0 Å². The summed E-state index contributed by atoms with van der Waals surface area (Å²) < 4.78 is 14.1. The largest absolute Gasteiger partial charge is 0.484 e. The van der Waals surface area contributed by atoms with Crippen molar-refractivity contribution >= 4 is 23.4 Å². The Kier molecular flexibility index (Phi) is 9.98. The summed E-state index contributed by atoms with van der Waals surface area (Å²) in [5.74, 6) is 1.20. The van der Waals surface area contributed by atoms with E-state index in [4.69, 9.17) is 9.47 Å². The van der Waals surface area contributed by atoms with Crippen molar-refractivity contribution in [1.29, 1.82) is 0 Å². The number of likely N-dealkylation sites (N-methyl/N-ethyl adjacent to an activating group) is 1. The summed E-state index contributed by atoms with van der Waals surface area (Å²) in [6.07, 6.45) is 2.99. The van der Waals surface area contributed by atoms with Gasteiger partial charge in [-0.15, -0.1) is 10.2 Å². The normalized spacial score (nSPS) is 16.7. The SMILES string of the molecule is COC(C)(C)c1nnc2ccc(O[C@@H]3CC[C@H](NC(=O)Nc4cc(C(C)(C)C)nc(C(=O)NCC(C)(C)N(C)C)n4)c4ccccc43)cn12. The molecule has 3 N–H and O–H groups in total. The van der Waals surface area contributed by atoms with Gasteiger partial charge in [0.05, 0.1) is 17.9 Å². The summed E-state index contributed by atoms with van der Waals surface area (Å²) >= 11 is 0. The molecule has 0 aliphatic heterocycles. The van der Waals surface area contributed by atoms with Crippen LogP contribution in [0.25, 0.3) is 5.65 Å². The topological polar surface area (TPSA) is 148 Å². The zero-order chi connectivity index (χ0) is 35.7. The number of aromatic nitrogens is 5. The van der Waals surface area contributed by atoms with Crippen LogP contribution in [0.15, 0.2) is 48.7 Å². The van der Waals surface area contributed by atoms with Gasteiger partial charge in [0.2, 0.25) is 5.82 Å². The molecule has 0 radical (unpaired) electrons. The molecule has 262 valence electrons. The van der Waals surface area contributed by atoms with Crippen LogP contribution in [-0.2, 0) is 15.8 Å². The molecule has 3 aromatic heterocycles. The number of carbonyl (C=O) groups is 2. The Morgan fingerprint density at radius 3 is 2.35 bits per heavy atom. The molecular weight excluding hydrogens is 622 g/mol. The maximum Gasteiger partial charge on any atom is 0.320 e. The predicted octanol–water partition coefficient (Wildman–Crippen LogP) is 5.55. The van der Waals surface area contributed by atoms with Gasteiger partial charge < -0.3 is 25.0 Å². The molecule has 5 rings (SSSR count). The van der Waals surface area contributed by atoms with Crippen LogP contribution < -0.4 is 20.7 Å². The number of fused-ring (bicyclic) bond motifs is 2. The molecular formula is C36H49N9O4. The highest BCUT2D eigenvalue weighted by molar-refractivity contribution is 5.92. The van der Waals surface area contributed by atoms with Gasteiger partial charge in [0.25, 0.3) is 5.91 Å². The predicted molar refractivity (Wildman–Crippen MR) is 188 cm³/mol. The Bertz CT molecular complexity index is 1830. The summed E-state index contributed by atoms with van der Waals surface area (Å²) in [5.41, 5.74) is 2.03. The maximum atomic E-state index is 13.4. The van der Waals surface area contributed by atoms with Crippen molar-refractivity contribution in [2.75, 3.05) is 33.1 Å². The van der Waals surface area contributed by atoms with Crippen LogP contribution in [0.5, 0.6) is 5.75 Å². The average Bonchev–Trinajstić information content (AvgIpc) is 3.48. The highest BCUT2D eigenvalue weighted by Gasteiger charge is 2.31. The molecule has 1 aliphatic rings. The summed E-state index contributed by atoms with van der Waals surface area (Å²) in [4.78, 5) is 37.6. The van der Waals surface area contributed by atoms with Crippen molar-refractivity contribution in [2.24, 2.45) is 0 Å². The zero-order valence-corrected chi connectivity index (χ0v) is 30.2. The van der Waals surface area contributed by atoms with E-state index in [1.54, 1.807) is 13.2 Å². The van der Waals surface area contributed by atoms with E-state index in [2.05, 4.69) is 36.1 Å². The Labute approximate surface area is 288 Å². The van der Waals surface area contributed by atoms with Crippen LogP contribution in [0.1, 0.15) is 107 Å². The number of rotatable bonds is 10. The van der Waals surface area contributed by atoms with E-state index in [1.165, 1.54) is 0 Å². The summed E-state index contributed by atoms with van der Waals surface area (Å²) in [6.45, 7) is 14.3. The highest BCUT2D eigenvalue weighted by Crippen LogP contribution is 2.39. The monoisotopic (exact) mass is 671 g/mol. The van der Waals surface area contributed by atoms with Gasteiger partial charge in [-0.05, 0) is 77.9 Å². The molecule has 0 saturated carbocycles. The molecule has 0 bridgehead atoms. The molecule has 4 aromatic rings. The molecule has 3 amide bonds. The van der Waals surface area contributed by atoms with Gasteiger partial charge >= 0.3 is 6.03 Å². The summed E-state index contributed by atoms with van der Waals surface area (Å²) in [7, 11) is 5.56. The van der Waals surface area contributed by atoms with Gasteiger partial charge in [0.15, 0.2) is 11.5 Å². The van der Waals surface area contributed by atoms with E-state index in [1.807, 2.05) is 114 Å². The molecule has 3 heterocycles. The molecule has 0 saturated heterocycles. The lowest BCUT2D eigenvalue weighted by Crippen LogP contribution is -2.48. The number of ether oxygens (including phenoxy) is 2. The molecule has 2 atom stereocenters. The molecule has 1 aromatic carbocycles. The molecule has 0 unspecified atom stereocenters. The second-order valence-corrected chi connectivity index (χ2v) is 14.9. The first-order chi connectivity index (χ1) is 23.0. The minimum absolute atomic E-state index is 0.00264. The fourth-order valence-electron chi connectivity index (χ4n) is 5.47. The van der Waals surface area contributed by atoms with Gasteiger partial charge in [-0.1, -0.05) is 45.0 Å². The molecule has 13 heteroatoms. The second-order valence-electron chi connectivity index (χ2n) is 14.9. The Morgan fingerprint density at radius 2 is 1.67 bits per heavy atom. The minimum atomic E-state index is -0.633. The van der Waals surface area contributed by atoms with E-state index in [0.29, 0.717) is 42.3 Å². The third-order valence-electron chi connectivity index (χ3n) is 9.27. The average molecular weight is 672 g/mol. The van der Waals surface area contributed by atoms with Crippen molar-refractivity contribution in [1.82, 2.24) is 40.1 Å². The van der Waals surface area contributed by atoms with Gasteiger partial charge in [0.1, 0.15) is 23.3 Å². The standard InChI is InChI=1S/C36H49N9O4/c1-34(2,3)27-19-28(40-30(39-27)31(46)37-21-35(4,5)44(8)9)41-33(47)38-25-16-17-26(24-14-12-11-13-23(24)25)49-22-15-18-29-42-43-32(45(29)20-22)36(6,7)48-10/h11-15,18-20,25-26H,16-17,21H2,1-10H3,(H,37,46)(H2,38,39,40,41,47)/t25-,26+/m0/s1. The van der Waals surface area contributed by atoms with E-state index in [9.17, 15) is 9.59 Å². The minimum Gasteiger partial charge on any atom is -0.484 e. The zero-order valence-electron chi connectivity index (χ0n) is 30.2. The van der Waals surface area contributed by atoms with Gasteiger partial charge in [-0.3, -0.25) is 14.5 Å². The Balaban J connectivity index is 1.31. The second kappa shape index (κ2) is 13.7. The Morgan fingerprint density at radius 1 is 0.959 bits per heavy atom. The quantitative estimate of drug-likeness (QED) is 0.198. The lowest BCUT2D eigenvalue weighted by molar-refractivity contribution is 0.0106. The van der Waals surface area contributed by atoms with Crippen LogP contribution in [0.4, 0.5) is 10.6 Å². The number of hydrogen-bond donors (Lipinski definition) is 3. The van der Waals surface area contributed by atoms with E-state index >= 15 is 0 Å². The van der Waals surface area contributed by atoms with Gasteiger partial charge in [-0.25, -0.2) is 14.8 Å². The number of nitrogens with one attached hydrogen (secondary N) is 3. The molecule has 1 aliphatic carbocycles. The van der Waals surface area contributed by atoms with Crippen LogP contribution >= 0.6 is 0 Å². The van der Waals surface area contributed by atoms with E-state index in [0.717, 1.165) is 11.1 Å². The van der Waals surface area contributed by atoms with Crippen LogP contribution in [0, 0.1) is 0 Å². The highest BCUT2D eigenvalue weighted by atomic mass is 16.5. The van der Waals surface area contributed by atoms with Crippen molar-refractivity contribution in [3.8, 4) is 5.75 Å². The lowest BCUT2D eigenvalue weighted by atomic mass is 9.85. The fourth-order valence-corrected chi connectivity index (χ4v) is 5.47. The van der Waals surface area contributed by atoms with Crippen molar-refractivity contribution in [3.63, 3.8) is 0 Å². The number of pyridine rings is 1. The number of nitrogens with zero attached hydrogens (tertiary/aromatic N) is 6. The molecule has 49 heavy (non-hydrogen) atoms. The number of hydrogen-bond acceptors (Lipinski definition) is 9. The number of urea groups is 1. The number of carbonyl (C=O) groups excluding carboxylic acids is 2. The first-order valence-electron chi connectivity index (χ1n) is 16.6. The van der Waals surface area contributed by atoms with E-state index in [-0.39, 0.29) is 34.7 Å². The van der Waals surface area contributed by atoms with Gasteiger partial charge in [0, 0.05) is 30.7 Å². The smallest absolute Gasteiger partial charge is 0.320 e. The number of anilines is 1. The Hall–Kier alpha value is -4.62. The van der Waals surface area contributed by atoms with Crippen molar-refractivity contribution < 1.29 is 19.1 Å². The third-order valence-corrected chi connectivity index (χ3v) is 9.27. The third kappa shape index (κ3) is 8.00. The molecule has 0 fully saturated rings. The van der Waals surface area contributed by atoms with Crippen molar-refractivity contribution in [3.05, 3.63) is 77.1 Å². The van der Waals surface area contributed by atoms with E-state index < -0.39 is 17.5 Å². The first-order valence-corrected chi connectivity index (χ1v) is 16.6. The lowest BCUT2D eigenvalue weighted by Gasteiger charge is -2.32. The summed E-state index contributed by atoms with van der Waals surface area (Å²) in [6, 6.07) is 12.8. The summed E-state index contributed by atoms with van der Waals surface area (Å²) in [5, 5.41) is 17.5. The maximum absolute atomic E-state index is 13.4. The molecule has 0 spiro atoms. The fraction of sp³-hybridized carbons (Fsp3) is 0.500. The number of amides is 3. The van der Waals surface area contributed by atoms with Crippen LogP contribution in [0.2, 0.25) is 0 Å². The van der Waals surface area contributed by atoms with Crippen LogP contribution in [-0.4, -0.2) is 74.7 Å². The van der Waals surface area contributed by atoms with Gasteiger partial charge in [-0.2, -0.15) is 0 Å². The number of benzene rings is 1. The molecule has 13 nitrogen and oxygen atoms in total.